The van der Waals surface area contributed by atoms with Gasteiger partial charge >= 0.3 is 12.2 Å². The van der Waals surface area contributed by atoms with Crippen LogP contribution in [-0.2, 0) is 11.0 Å². The molecule has 2 aromatic rings. The summed E-state index contributed by atoms with van der Waals surface area (Å²) >= 11 is 0. The van der Waals surface area contributed by atoms with E-state index in [1.807, 2.05) is 9.80 Å². The lowest BCUT2D eigenvalue weighted by Gasteiger charge is -2.39. The number of benzene rings is 2. The molecule has 0 spiro atoms. The Morgan fingerprint density at radius 1 is 1.03 bits per heavy atom. The molecule has 1 aliphatic rings. The fourth-order valence-corrected chi connectivity index (χ4v) is 3.55. The molecule has 0 unspecified atom stereocenters. The van der Waals surface area contributed by atoms with Gasteiger partial charge in [-0.05, 0) is 36.4 Å². The van der Waals surface area contributed by atoms with Crippen molar-refractivity contribution in [2.45, 2.75) is 6.18 Å². The number of hydrogen-bond donors (Lipinski definition) is 3. The number of halogens is 3. The minimum absolute atomic E-state index is 0.0545. The summed E-state index contributed by atoms with van der Waals surface area (Å²) in [7, 11) is 0. The molecule has 11 heteroatoms. The maximum absolute atomic E-state index is 12.9. The summed E-state index contributed by atoms with van der Waals surface area (Å²) in [5, 5.41) is 21.0. The number of aliphatic hydroxyl groups excluding tert-OH is 2. The van der Waals surface area contributed by atoms with Crippen LogP contribution in [0.3, 0.4) is 0 Å². The Morgan fingerprint density at radius 2 is 1.69 bits per heavy atom. The van der Waals surface area contributed by atoms with Crippen LogP contribution in [0.1, 0.15) is 5.56 Å². The van der Waals surface area contributed by atoms with Gasteiger partial charge in [-0.1, -0.05) is 6.07 Å². The number of amides is 3. The van der Waals surface area contributed by atoms with E-state index in [4.69, 9.17) is 0 Å². The van der Waals surface area contributed by atoms with Crippen molar-refractivity contribution >= 4 is 35.2 Å². The van der Waals surface area contributed by atoms with Crippen LogP contribution in [-0.4, -0.2) is 62.0 Å². The number of fused-ring (bicyclic) bond motifs is 1. The van der Waals surface area contributed by atoms with Gasteiger partial charge in [0.1, 0.15) is 0 Å². The molecule has 2 aromatic carbocycles. The predicted octanol–water partition coefficient (Wildman–Crippen LogP) is 2.51. The van der Waals surface area contributed by atoms with Crippen LogP contribution in [0, 0.1) is 0 Å². The van der Waals surface area contributed by atoms with Crippen LogP contribution >= 0.6 is 0 Å². The molecule has 8 nitrogen and oxygen atoms in total. The normalized spacial score (nSPS) is 13.5. The van der Waals surface area contributed by atoms with Gasteiger partial charge in [0, 0.05) is 31.9 Å². The molecule has 0 bridgehead atoms. The zero-order valence-corrected chi connectivity index (χ0v) is 17.0. The molecule has 0 radical (unpaired) electrons. The number of aliphatic hydroxyl groups is 2. The highest BCUT2D eigenvalue weighted by molar-refractivity contribution is 6.12. The van der Waals surface area contributed by atoms with Crippen molar-refractivity contribution in [2.75, 3.05) is 59.4 Å². The van der Waals surface area contributed by atoms with Crippen molar-refractivity contribution in [3.63, 3.8) is 0 Å². The second kappa shape index (κ2) is 9.88. The highest BCUT2D eigenvalue weighted by Gasteiger charge is 2.31. The number of hydrogen-bond acceptors (Lipinski definition) is 6. The summed E-state index contributed by atoms with van der Waals surface area (Å²) < 4.78 is 38.8. The Kier molecular flexibility index (Phi) is 7.21. The van der Waals surface area contributed by atoms with E-state index in [-0.39, 0.29) is 31.0 Å². The molecule has 0 aliphatic carbocycles. The van der Waals surface area contributed by atoms with Gasteiger partial charge in [0.25, 0.3) is 0 Å². The number of nitrogens with one attached hydrogen (secondary N) is 1. The number of anilines is 4. The molecule has 172 valence electrons. The summed E-state index contributed by atoms with van der Waals surface area (Å²) in [6.07, 6.45) is -4.30. The first kappa shape index (κ1) is 23.4. The Balaban J connectivity index is 1.88. The third-order valence-corrected chi connectivity index (χ3v) is 5.06. The molecule has 3 amide bonds. The molecular weight excluding hydrogens is 429 g/mol. The van der Waals surface area contributed by atoms with Crippen LogP contribution in [0.5, 0.6) is 0 Å². The molecule has 0 saturated heterocycles. The van der Waals surface area contributed by atoms with E-state index in [2.05, 4.69) is 5.32 Å². The zero-order valence-electron chi connectivity index (χ0n) is 17.0. The van der Waals surface area contributed by atoms with Crippen LogP contribution in [0.2, 0.25) is 0 Å². The summed E-state index contributed by atoms with van der Waals surface area (Å²) in [5.74, 6) is 0. The third kappa shape index (κ3) is 5.11. The van der Waals surface area contributed by atoms with Crippen molar-refractivity contribution in [2.24, 2.45) is 0 Å². The molecule has 0 saturated carbocycles. The van der Waals surface area contributed by atoms with Crippen molar-refractivity contribution in [3.05, 3.63) is 48.0 Å². The van der Waals surface area contributed by atoms with Crippen molar-refractivity contribution in [1.82, 2.24) is 0 Å². The van der Waals surface area contributed by atoms with Crippen molar-refractivity contribution in [3.8, 4) is 0 Å². The minimum Gasteiger partial charge on any atom is -0.395 e. The predicted molar refractivity (Wildman–Crippen MR) is 114 cm³/mol. The number of urea groups is 1. The molecule has 0 fully saturated rings. The molecule has 1 aliphatic heterocycles. The molecule has 3 N–H and O–H groups in total. The van der Waals surface area contributed by atoms with Gasteiger partial charge in [0.2, 0.25) is 6.41 Å². The lowest BCUT2D eigenvalue weighted by Crippen LogP contribution is -2.43. The molecule has 1 heterocycles. The quantitative estimate of drug-likeness (QED) is 0.559. The fraction of sp³-hybridized carbons (Fsp3) is 0.333. The summed E-state index contributed by atoms with van der Waals surface area (Å²) in [5.41, 5.74) is 0.606. The fourth-order valence-electron chi connectivity index (χ4n) is 3.55. The van der Waals surface area contributed by atoms with Gasteiger partial charge in [0.15, 0.2) is 0 Å². The number of rotatable bonds is 7. The Bertz CT molecular complexity index is 970. The molecule has 3 rings (SSSR count). The maximum atomic E-state index is 12.9. The number of carbonyl (C=O) groups is 2. The topological polar surface area (TPSA) is 96.4 Å². The van der Waals surface area contributed by atoms with E-state index in [9.17, 15) is 33.0 Å². The van der Waals surface area contributed by atoms with Gasteiger partial charge in [-0.2, -0.15) is 13.2 Å². The van der Waals surface area contributed by atoms with Gasteiger partial charge < -0.3 is 25.3 Å². The first-order chi connectivity index (χ1) is 15.3. The molecular formula is C21H23F3N4O4. The van der Waals surface area contributed by atoms with Crippen molar-refractivity contribution < 1.29 is 33.0 Å². The van der Waals surface area contributed by atoms with Crippen molar-refractivity contribution in [1.29, 1.82) is 0 Å². The second-order valence-corrected chi connectivity index (χ2v) is 7.08. The lowest BCUT2D eigenvalue weighted by atomic mass is 10.1. The van der Waals surface area contributed by atoms with Gasteiger partial charge in [-0.15, -0.1) is 0 Å². The van der Waals surface area contributed by atoms with Crippen LogP contribution in [0.4, 0.5) is 40.7 Å². The Labute approximate surface area is 182 Å². The van der Waals surface area contributed by atoms with Gasteiger partial charge in [-0.25, -0.2) is 9.69 Å². The van der Waals surface area contributed by atoms with E-state index in [1.54, 1.807) is 12.1 Å². The summed E-state index contributed by atoms with van der Waals surface area (Å²) in [6, 6.07) is 8.01. The smallest absolute Gasteiger partial charge is 0.395 e. The second-order valence-electron chi connectivity index (χ2n) is 7.08. The number of nitrogens with zero attached hydrogens (tertiary/aromatic N) is 3. The van der Waals surface area contributed by atoms with E-state index in [0.717, 1.165) is 28.8 Å². The Hall–Kier alpha value is -3.31. The highest BCUT2D eigenvalue weighted by atomic mass is 19.4. The van der Waals surface area contributed by atoms with Crippen LogP contribution in [0.25, 0.3) is 0 Å². The van der Waals surface area contributed by atoms with Gasteiger partial charge in [0.05, 0.1) is 35.8 Å². The first-order valence-electron chi connectivity index (χ1n) is 9.87. The van der Waals surface area contributed by atoms with Crippen LogP contribution < -0.4 is 20.0 Å². The summed E-state index contributed by atoms with van der Waals surface area (Å²) in [6.45, 7) is 1.76. The minimum atomic E-state index is -4.57. The molecule has 0 aromatic heterocycles. The first-order valence-corrected chi connectivity index (χ1v) is 9.87. The number of β-amino-alcohol motifs (C(OH)–C–C–N with tert-alkyl or cyclic N) is 2. The average Bonchev–Trinajstić information content (AvgIpc) is 2.76. The number of carbonyl (C=O) groups excluding carboxylic acids is 2. The van der Waals surface area contributed by atoms with E-state index in [0.29, 0.717) is 31.9 Å². The average molecular weight is 452 g/mol. The lowest BCUT2D eigenvalue weighted by molar-refractivity contribution is -0.137. The van der Waals surface area contributed by atoms with E-state index in [1.165, 1.54) is 12.1 Å². The van der Waals surface area contributed by atoms with E-state index >= 15 is 0 Å². The third-order valence-electron chi connectivity index (χ3n) is 5.06. The molecule has 0 atom stereocenters. The Morgan fingerprint density at radius 3 is 2.28 bits per heavy atom. The zero-order chi connectivity index (χ0) is 23.3. The number of alkyl halides is 3. The molecule has 32 heavy (non-hydrogen) atoms. The number of imide groups is 1. The van der Waals surface area contributed by atoms with Crippen LogP contribution in [0.15, 0.2) is 42.5 Å². The van der Waals surface area contributed by atoms with E-state index < -0.39 is 17.8 Å². The standard InChI is InChI=1S/C21H23F3N4O4/c22-21(23,24)15-2-1-3-16(12-15)25-20(32)28(14-31)17-4-5-18-19(13-17)27(9-11-30)7-6-26(18)8-10-29/h1-5,12-14,29-30H,6-11H2,(H,25,32). The largest absolute Gasteiger partial charge is 0.416 e. The monoisotopic (exact) mass is 452 g/mol. The SMILES string of the molecule is O=CN(C(=O)Nc1cccc(C(F)(F)F)c1)c1ccc2c(c1)N(CCO)CCN2CCO. The summed E-state index contributed by atoms with van der Waals surface area (Å²) in [4.78, 5) is 28.9. The highest BCUT2D eigenvalue weighted by Crippen LogP contribution is 2.36. The maximum Gasteiger partial charge on any atom is 0.416 e. The van der Waals surface area contributed by atoms with Gasteiger partial charge in [-0.3, -0.25) is 4.79 Å².